The van der Waals surface area contributed by atoms with Gasteiger partial charge in [0.2, 0.25) is 5.36 Å². The second-order valence-electron chi connectivity index (χ2n) is 11.6. The summed E-state index contributed by atoms with van der Waals surface area (Å²) in [5, 5.41) is 11.7. The highest BCUT2D eigenvalue weighted by Gasteiger charge is 2.35. The molecular weight excluding hydrogens is 488 g/mol. The van der Waals surface area contributed by atoms with Crippen molar-refractivity contribution in [3.05, 3.63) is 80.4 Å². The third kappa shape index (κ3) is 3.60. The van der Waals surface area contributed by atoms with E-state index in [1.807, 2.05) is 12.1 Å². The Labute approximate surface area is 227 Å². The zero-order valence-electron chi connectivity index (χ0n) is 22.2. The van der Waals surface area contributed by atoms with Crippen molar-refractivity contribution < 1.29 is 19.4 Å². The second-order valence-corrected chi connectivity index (χ2v) is 11.6. The summed E-state index contributed by atoms with van der Waals surface area (Å²) >= 11 is 0. The molecule has 1 N–H and O–H groups in total. The Hall–Kier alpha value is -3.80. The number of aliphatic carboxylic acids is 1. The number of fused-ring (bicyclic) bond motifs is 4. The zero-order chi connectivity index (χ0) is 26.1. The van der Waals surface area contributed by atoms with Crippen LogP contribution in [0, 0.1) is 0 Å². The van der Waals surface area contributed by atoms with Crippen molar-refractivity contribution in [1.29, 1.82) is 0 Å². The molecule has 0 fully saturated rings. The van der Waals surface area contributed by atoms with Crippen LogP contribution in [0.1, 0.15) is 59.1 Å². The van der Waals surface area contributed by atoms with Gasteiger partial charge in [-0.25, -0.2) is 9.37 Å². The number of ether oxygens (including phenoxy) is 2. The summed E-state index contributed by atoms with van der Waals surface area (Å²) < 4.78 is 15.1. The highest BCUT2D eigenvalue weighted by molar-refractivity contribution is 5.89. The first-order valence-corrected chi connectivity index (χ1v) is 14.5. The molecule has 5 aliphatic heterocycles. The molecule has 0 amide bonds. The fraction of sp³-hybridized carbons (Fsp3) is 0.394. The van der Waals surface area contributed by atoms with Gasteiger partial charge in [-0.2, -0.15) is 0 Å². The number of anilines is 1. The van der Waals surface area contributed by atoms with Crippen LogP contribution in [0.25, 0.3) is 5.57 Å². The number of carboxylic acid groups (broad SMARTS) is 1. The Morgan fingerprint density at radius 2 is 1.64 bits per heavy atom. The van der Waals surface area contributed by atoms with Crippen molar-refractivity contribution in [1.82, 2.24) is 4.58 Å². The van der Waals surface area contributed by atoms with Crippen LogP contribution < -0.4 is 29.5 Å². The number of rotatable bonds is 4. The Kier molecular flexibility index (Phi) is 5.26. The first-order valence-electron chi connectivity index (χ1n) is 14.5. The van der Waals surface area contributed by atoms with Crippen LogP contribution in [-0.2, 0) is 30.5 Å². The third-order valence-corrected chi connectivity index (χ3v) is 9.19. The minimum absolute atomic E-state index is 0.340. The quantitative estimate of drug-likeness (QED) is 0.416. The fourth-order valence-electron chi connectivity index (χ4n) is 7.69. The van der Waals surface area contributed by atoms with E-state index in [-0.39, 0.29) is 6.61 Å². The molecule has 0 saturated carbocycles. The summed E-state index contributed by atoms with van der Waals surface area (Å²) in [4.78, 5) is 13.6. The summed E-state index contributed by atoms with van der Waals surface area (Å²) in [6, 6.07) is 12.8. The second kappa shape index (κ2) is 8.87. The smallest absolute Gasteiger partial charge is 0.341 e. The predicted molar refractivity (Wildman–Crippen MR) is 150 cm³/mol. The van der Waals surface area contributed by atoms with Crippen molar-refractivity contribution in [2.24, 2.45) is 0 Å². The van der Waals surface area contributed by atoms with E-state index in [1.54, 1.807) is 0 Å². The number of nitrogens with zero attached hydrogens (tertiary/aromatic N) is 2. The molecular formula is C33H33N2O4+. The lowest BCUT2D eigenvalue weighted by Gasteiger charge is -2.39. The van der Waals surface area contributed by atoms with Crippen LogP contribution in [-0.4, -0.2) is 43.9 Å². The Morgan fingerprint density at radius 1 is 0.897 bits per heavy atom. The molecule has 0 unspecified atom stereocenters. The monoisotopic (exact) mass is 521 g/mol. The van der Waals surface area contributed by atoms with Crippen molar-refractivity contribution in [2.75, 3.05) is 37.7 Å². The van der Waals surface area contributed by atoms with Gasteiger partial charge in [0.25, 0.3) is 0 Å². The average molecular weight is 522 g/mol. The Morgan fingerprint density at radius 3 is 2.46 bits per heavy atom. The molecule has 0 saturated heterocycles. The maximum atomic E-state index is 11.0. The molecule has 0 aliphatic carbocycles. The van der Waals surface area contributed by atoms with Gasteiger partial charge in [0.05, 0.1) is 5.56 Å². The summed E-state index contributed by atoms with van der Waals surface area (Å²) in [5.74, 6) is 1.71. The predicted octanol–water partition coefficient (Wildman–Crippen LogP) is 3.59. The standard InChI is InChI=1S/C33H32N2O4/c36-28(37)19-38-23-11-9-20(10-12-23)29-26-17-21-5-1-13-34-15-3-7-24(30(21)34)32(26)39-33-25-8-4-16-35-14-2-6-22(31(25)35)18-27(29)33/h9-12,17-18H,1-8,13-16,19H2/p+1. The Balaban J connectivity index is 1.41. The van der Waals surface area contributed by atoms with Gasteiger partial charge < -0.3 is 19.5 Å². The minimum atomic E-state index is -0.971. The highest BCUT2D eigenvalue weighted by Crippen LogP contribution is 2.48. The van der Waals surface area contributed by atoms with E-state index < -0.39 is 5.97 Å². The third-order valence-electron chi connectivity index (χ3n) is 9.19. The van der Waals surface area contributed by atoms with Crippen LogP contribution in [0.4, 0.5) is 5.69 Å². The van der Waals surface area contributed by atoms with Gasteiger partial charge in [-0.15, -0.1) is 0 Å². The molecule has 198 valence electrons. The number of aryl methyl sites for hydroxylation is 2. The highest BCUT2D eigenvalue weighted by atomic mass is 16.5. The molecule has 3 aromatic carbocycles. The van der Waals surface area contributed by atoms with Gasteiger partial charge in [0.1, 0.15) is 30.3 Å². The van der Waals surface area contributed by atoms with E-state index in [1.165, 1.54) is 62.5 Å². The van der Waals surface area contributed by atoms with Crippen LogP contribution >= 0.6 is 0 Å². The maximum Gasteiger partial charge on any atom is 0.341 e. The van der Waals surface area contributed by atoms with E-state index in [2.05, 4.69) is 33.7 Å². The summed E-state index contributed by atoms with van der Waals surface area (Å²) in [7, 11) is 0. The lowest BCUT2D eigenvalue weighted by Crippen LogP contribution is -2.45. The molecule has 0 radical (unpaired) electrons. The first kappa shape index (κ1) is 23.1. The molecule has 39 heavy (non-hydrogen) atoms. The zero-order valence-corrected chi connectivity index (χ0v) is 22.2. The normalized spacial score (nSPS) is 18.4. The van der Waals surface area contributed by atoms with E-state index in [4.69, 9.17) is 14.6 Å². The number of carbonyl (C=O) groups is 1. The van der Waals surface area contributed by atoms with E-state index >= 15 is 0 Å². The molecule has 6 nitrogen and oxygen atoms in total. The molecule has 0 bridgehead atoms. The molecule has 6 heteroatoms. The summed E-state index contributed by atoms with van der Waals surface area (Å²) in [6.45, 7) is 4.21. The number of hydrogen-bond acceptors (Lipinski definition) is 4. The van der Waals surface area contributed by atoms with Gasteiger partial charge >= 0.3 is 5.97 Å². The van der Waals surface area contributed by atoms with Crippen molar-refractivity contribution in [3.63, 3.8) is 0 Å². The number of hydrogen-bond donors (Lipinski definition) is 1. The lowest BCUT2D eigenvalue weighted by molar-refractivity contribution is -0.139. The van der Waals surface area contributed by atoms with Crippen LogP contribution in [0.2, 0.25) is 0 Å². The van der Waals surface area contributed by atoms with E-state index in [9.17, 15) is 4.79 Å². The molecule has 8 rings (SSSR count). The number of carboxylic acids is 1. The van der Waals surface area contributed by atoms with Gasteiger partial charge in [-0.3, -0.25) is 0 Å². The molecule has 5 heterocycles. The van der Waals surface area contributed by atoms with E-state index in [0.717, 1.165) is 81.8 Å². The van der Waals surface area contributed by atoms with Gasteiger partial charge in [0, 0.05) is 59.1 Å². The van der Waals surface area contributed by atoms with Gasteiger partial charge in [0.15, 0.2) is 6.61 Å². The van der Waals surface area contributed by atoms with Crippen LogP contribution in [0.5, 0.6) is 17.2 Å². The fourth-order valence-corrected chi connectivity index (χ4v) is 7.69. The van der Waals surface area contributed by atoms with Gasteiger partial charge in [-0.05, 0) is 73.9 Å². The molecule has 0 spiro atoms. The topological polar surface area (TPSA) is 62.0 Å². The first-order chi connectivity index (χ1) is 19.2. The SMILES string of the molecule is O=C(O)COc1ccc(C2=c3cc4c5c(c3Oc3c2cc2c6c3CCCN6CCC2)CCC[N+]=5CCC4)cc1. The van der Waals surface area contributed by atoms with Crippen molar-refractivity contribution >= 4 is 17.2 Å². The van der Waals surface area contributed by atoms with Crippen molar-refractivity contribution in [2.45, 2.75) is 51.4 Å². The molecule has 0 aromatic heterocycles. The van der Waals surface area contributed by atoms with Crippen LogP contribution in [0.15, 0.2) is 36.4 Å². The average Bonchev–Trinajstić information content (AvgIpc) is 2.96. The Bertz CT molecular complexity index is 1670. The molecule has 5 aliphatic rings. The molecule has 3 aromatic rings. The van der Waals surface area contributed by atoms with Crippen molar-refractivity contribution in [3.8, 4) is 17.2 Å². The largest absolute Gasteiger partial charge is 0.482 e. The number of benzene rings is 3. The molecule has 0 atom stereocenters. The minimum Gasteiger partial charge on any atom is -0.482 e. The maximum absolute atomic E-state index is 11.0. The summed E-state index contributed by atoms with van der Waals surface area (Å²) in [5.41, 5.74) is 10.7. The lowest BCUT2D eigenvalue weighted by atomic mass is 9.82. The summed E-state index contributed by atoms with van der Waals surface area (Å²) in [6.07, 6.45) is 9.04. The van der Waals surface area contributed by atoms with Gasteiger partial charge in [-0.1, -0.05) is 12.1 Å². The van der Waals surface area contributed by atoms with Crippen LogP contribution in [0.3, 0.4) is 0 Å². The van der Waals surface area contributed by atoms with E-state index in [0.29, 0.717) is 5.75 Å².